The van der Waals surface area contributed by atoms with Crippen LogP contribution in [0.1, 0.15) is 16.9 Å². The number of rotatable bonds is 9. The molecule has 0 bridgehead atoms. The van der Waals surface area contributed by atoms with Crippen molar-refractivity contribution in [2.24, 2.45) is 0 Å². The van der Waals surface area contributed by atoms with Gasteiger partial charge in [-0.3, -0.25) is 4.79 Å². The van der Waals surface area contributed by atoms with E-state index in [1.54, 1.807) is 0 Å². The molecule has 1 heterocycles. The van der Waals surface area contributed by atoms with Crippen molar-refractivity contribution in [1.82, 2.24) is 5.32 Å². The molecule has 0 saturated carbocycles. The Morgan fingerprint density at radius 2 is 1.85 bits per heavy atom. The molecular weight excluding hydrogens is 365 g/mol. The van der Waals surface area contributed by atoms with Crippen LogP contribution in [0.2, 0.25) is 0 Å². The number of thiophene rings is 1. The molecule has 0 aliphatic heterocycles. The maximum absolute atomic E-state index is 14.2. The molecule has 0 amide bonds. The minimum Gasteiger partial charge on any atom is -0.488 e. The fraction of sp³-hybridized carbons (Fsp3) is 0.190. The highest BCUT2D eigenvalue weighted by atomic mass is 32.1. The molecule has 0 aliphatic rings. The van der Waals surface area contributed by atoms with Gasteiger partial charge in [-0.2, -0.15) is 4.39 Å². The van der Waals surface area contributed by atoms with Gasteiger partial charge in [0, 0.05) is 23.5 Å². The summed E-state index contributed by atoms with van der Waals surface area (Å²) in [6.45, 7) is 1.34. The number of halogens is 1. The van der Waals surface area contributed by atoms with Crippen LogP contribution in [-0.4, -0.2) is 17.6 Å². The van der Waals surface area contributed by atoms with Gasteiger partial charge in [0.15, 0.2) is 5.13 Å². The molecule has 3 aromatic rings. The lowest BCUT2D eigenvalue weighted by molar-refractivity contribution is -0.136. The van der Waals surface area contributed by atoms with Crippen molar-refractivity contribution in [1.29, 1.82) is 0 Å². The van der Waals surface area contributed by atoms with Gasteiger partial charge >= 0.3 is 5.97 Å². The van der Waals surface area contributed by atoms with E-state index in [1.807, 2.05) is 60.7 Å². The van der Waals surface area contributed by atoms with E-state index < -0.39 is 5.97 Å². The van der Waals surface area contributed by atoms with Crippen LogP contribution in [0.15, 0.2) is 60.7 Å². The number of nitrogens with one attached hydrogen (secondary N) is 1. The molecule has 27 heavy (non-hydrogen) atoms. The number of carbonyl (C=O) groups is 1. The number of hydrogen-bond acceptors (Lipinski definition) is 4. The van der Waals surface area contributed by atoms with Crippen molar-refractivity contribution >= 4 is 17.3 Å². The molecule has 1 aromatic heterocycles. The van der Waals surface area contributed by atoms with Crippen LogP contribution in [0.5, 0.6) is 5.75 Å². The summed E-state index contributed by atoms with van der Waals surface area (Å²) in [4.78, 5) is 11.3. The van der Waals surface area contributed by atoms with E-state index in [0.29, 0.717) is 31.0 Å². The van der Waals surface area contributed by atoms with E-state index in [2.05, 4.69) is 5.32 Å². The molecule has 0 atom stereocenters. The number of ether oxygens (including phenoxy) is 1. The summed E-state index contributed by atoms with van der Waals surface area (Å²) < 4.78 is 19.9. The summed E-state index contributed by atoms with van der Waals surface area (Å²) >= 11 is 1.10. The summed E-state index contributed by atoms with van der Waals surface area (Å²) in [6.07, 6.45) is 0.101. The summed E-state index contributed by atoms with van der Waals surface area (Å²) in [5, 5.41) is 11.5. The maximum atomic E-state index is 14.2. The highest BCUT2D eigenvalue weighted by molar-refractivity contribution is 7.10. The van der Waals surface area contributed by atoms with Crippen LogP contribution in [0.3, 0.4) is 0 Å². The molecule has 2 N–H and O–H groups in total. The molecule has 6 heteroatoms. The zero-order chi connectivity index (χ0) is 19.1. The summed E-state index contributed by atoms with van der Waals surface area (Å²) in [7, 11) is 0. The summed E-state index contributed by atoms with van der Waals surface area (Å²) in [6, 6.07) is 18.9. The summed E-state index contributed by atoms with van der Waals surface area (Å²) in [5.74, 6) is -0.106. The Labute approximate surface area is 161 Å². The van der Waals surface area contributed by atoms with Crippen LogP contribution in [0, 0.1) is 5.13 Å². The van der Waals surface area contributed by atoms with Gasteiger partial charge in [-0.1, -0.05) is 42.5 Å². The molecule has 3 rings (SSSR count). The van der Waals surface area contributed by atoms with Gasteiger partial charge in [-0.05, 0) is 29.3 Å². The Morgan fingerprint density at radius 3 is 2.56 bits per heavy atom. The average molecular weight is 385 g/mol. The second kappa shape index (κ2) is 9.30. The van der Waals surface area contributed by atoms with Gasteiger partial charge in [0.25, 0.3) is 0 Å². The van der Waals surface area contributed by atoms with Crippen LogP contribution in [0.4, 0.5) is 4.39 Å². The highest BCUT2D eigenvalue weighted by Gasteiger charge is 2.11. The predicted molar refractivity (Wildman–Crippen MR) is 104 cm³/mol. The van der Waals surface area contributed by atoms with E-state index in [0.717, 1.165) is 27.3 Å². The van der Waals surface area contributed by atoms with Gasteiger partial charge in [0.1, 0.15) is 12.4 Å². The monoisotopic (exact) mass is 385 g/mol. The van der Waals surface area contributed by atoms with Crippen molar-refractivity contribution in [3.63, 3.8) is 0 Å². The Morgan fingerprint density at radius 1 is 1.11 bits per heavy atom. The quantitative estimate of drug-likeness (QED) is 0.524. The van der Waals surface area contributed by atoms with Crippen molar-refractivity contribution < 1.29 is 19.0 Å². The molecular formula is C21H20FNO3S. The molecule has 0 spiro atoms. The number of carboxylic acid groups (broad SMARTS) is 1. The maximum Gasteiger partial charge on any atom is 0.304 e. The zero-order valence-corrected chi connectivity index (χ0v) is 15.5. The fourth-order valence-corrected chi connectivity index (χ4v) is 3.40. The van der Waals surface area contributed by atoms with Crippen molar-refractivity contribution in [2.75, 3.05) is 6.54 Å². The average Bonchev–Trinajstić information content (AvgIpc) is 3.06. The van der Waals surface area contributed by atoms with Gasteiger partial charge < -0.3 is 15.2 Å². The first kappa shape index (κ1) is 19.1. The third-order valence-electron chi connectivity index (χ3n) is 3.97. The Bertz CT molecular complexity index is 878. The SMILES string of the molecule is O=C(O)CCNCc1ccc(OCc2cc(-c3ccccc3)c(F)s2)cc1. The number of benzene rings is 2. The van der Waals surface area contributed by atoms with E-state index in [9.17, 15) is 9.18 Å². The number of hydrogen-bond donors (Lipinski definition) is 2. The number of aliphatic carboxylic acids is 1. The molecule has 4 nitrogen and oxygen atoms in total. The topological polar surface area (TPSA) is 58.6 Å². The Balaban J connectivity index is 1.52. The normalized spacial score (nSPS) is 10.7. The van der Waals surface area contributed by atoms with Crippen LogP contribution < -0.4 is 10.1 Å². The van der Waals surface area contributed by atoms with Gasteiger partial charge in [0.05, 0.1) is 6.42 Å². The van der Waals surface area contributed by atoms with Crippen molar-refractivity contribution in [2.45, 2.75) is 19.6 Å². The molecule has 140 valence electrons. The Hall–Kier alpha value is -2.70. The van der Waals surface area contributed by atoms with Crippen molar-refractivity contribution in [3.05, 3.63) is 76.2 Å². The van der Waals surface area contributed by atoms with Crippen LogP contribution in [-0.2, 0) is 17.9 Å². The van der Waals surface area contributed by atoms with E-state index in [-0.39, 0.29) is 11.6 Å². The van der Waals surface area contributed by atoms with Crippen molar-refractivity contribution in [3.8, 4) is 16.9 Å². The van der Waals surface area contributed by atoms with E-state index in [1.165, 1.54) is 0 Å². The predicted octanol–water partition coefficient (Wildman–Crippen LogP) is 4.70. The lowest BCUT2D eigenvalue weighted by Gasteiger charge is -2.07. The molecule has 0 saturated heterocycles. The second-order valence-corrected chi connectivity index (χ2v) is 7.11. The zero-order valence-electron chi connectivity index (χ0n) is 14.7. The molecule has 0 radical (unpaired) electrons. The van der Waals surface area contributed by atoms with Gasteiger partial charge in [-0.25, -0.2) is 0 Å². The molecule has 0 unspecified atom stereocenters. The van der Waals surface area contributed by atoms with Crippen LogP contribution >= 0.6 is 11.3 Å². The molecule has 0 fully saturated rings. The first-order valence-electron chi connectivity index (χ1n) is 8.59. The minimum absolute atomic E-state index is 0.101. The van der Waals surface area contributed by atoms with Crippen LogP contribution in [0.25, 0.3) is 11.1 Å². The standard InChI is InChI=1S/C21H20FNO3S/c22-21-19(16-4-2-1-3-5-16)12-18(27-21)14-26-17-8-6-15(7-9-17)13-23-11-10-20(24)25/h1-9,12,23H,10-11,13-14H2,(H,24,25). The number of carboxylic acids is 1. The fourth-order valence-electron chi connectivity index (χ4n) is 2.59. The first-order valence-corrected chi connectivity index (χ1v) is 9.41. The molecule has 0 aliphatic carbocycles. The molecule has 2 aromatic carbocycles. The lowest BCUT2D eigenvalue weighted by atomic mass is 10.1. The Kier molecular flexibility index (Phi) is 6.57. The van der Waals surface area contributed by atoms with E-state index in [4.69, 9.17) is 9.84 Å². The van der Waals surface area contributed by atoms with E-state index >= 15 is 0 Å². The first-order chi connectivity index (χ1) is 13.1. The summed E-state index contributed by atoms with van der Waals surface area (Å²) in [5.41, 5.74) is 2.50. The van der Waals surface area contributed by atoms with Gasteiger partial charge in [-0.15, -0.1) is 11.3 Å². The second-order valence-electron chi connectivity index (χ2n) is 6.02. The largest absolute Gasteiger partial charge is 0.488 e. The third kappa shape index (κ3) is 5.64. The third-order valence-corrected chi connectivity index (χ3v) is 4.87. The minimum atomic E-state index is -0.813. The highest BCUT2D eigenvalue weighted by Crippen LogP contribution is 2.30. The smallest absolute Gasteiger partial charge is 0.304 e. The lowest BCUT2D eigenvalue weighted by Crippen LogP contribution is -2.17. The van der Waals surface area contributed by atoms with Gasteiger partial charge in [0.2, 0.25) is 0 Å².